The fourth-order valence-corrected chi connectivity index (χ4v) is 3.95. The number of likely N-dealkylation sites (tertiary alicyclic amines) is 1. The molecule has 0 aliphatic carbocycles. The fourth-order valence-electron chi connectivity index (χ4n) is 3.95. The molecule has 0 aromatic heterocycles. The highest BCUT2D eigenvalue weighted by atomic mass is 19.1. The second kappa shape index (κ2) is 7.27. The van der Waals surface area contributed by atoms with E-state index in [0.717, 1.165) is 22.6 Å². The van der Waals surface area contributed by atoms with Gasteiger partial charge < -0.3 is 10.2 Å². The molecule has 150 valence electrons. The predicted molar refractivity (Wildman–Crippen MR) is 99.8 cm³/mol. The summed E-state index contributed by atoms with van der Waals surface area (Å²) in [5, 5.41) is 2.71. The summed E-state index contributed by atoms with van der Waals surface area (Å²) in [4.78, 5) is 40.7. The second-order valence-corrected chi connectivity index (χ2v) is 7.32. The predicted octanol–water partition coefficient (Wildman–Crippen LogP) is 2.69. The molecule has 1 spiro atoms. The maximum absolute atomic E-state index is 14.0. The van der Waals surface area contributed by atoms with Gasteiger partial charge in [-0.05, 0) is 30.5 Å². The van der Waals surface area contributed by atoms with Crippen LogP contribution in [-0.2, 0) is 11.3 Å². The van der Waals surface area contributed by atoms with Crippen LogP contribution in [0.15, 0.2) is 48.5 Å². The lowest BCUT2D eigenvalue weighted by molar-refractivity contribution is -0.133. The number of benzene rings is 2. The average molecular weight is 399 g/mol. The minimum absolute atomic E-state index is 0.114. The molecule has 2 aliphatic heterocycles. The zero-order valence-corrected chi connectivity index (χ0v) is 15.5. The van der Waals surface area contributed by atoms with E-state index in [2.05, 4.69) is 5.32 Å². The third-order valence-electron chi connectivity index (χ3n) is 5.39. The molecule has 2 saturated heterocycles. The van der Waals surface area contributed by atoms with Gasteiger partial charge in [0.25, 0.3) is 11.8 Å². The number of halogens is 2. The minimum Gasteiger partial charge on any atom is -0.336 e. The van der Waals surface area contributed by atoms with Crippen molar-refractivity contribution in [3.63, 3.8) is 0 Å². The average Bonchev–Trinajstić information content (AvgIpc) is 2.92. The van der Waals surface area contributed by atoms with Crippen molar-refractivity contribution in [1.82, 2.24) is 15.1 Å². The smallest absolute Gasteiger partial charge is 0.325 e. The Morgan fingerprint density at radius 2 is 1.72 bits per heavy atom. The Bertz CT molecular complexity index is 962. The molecule has 0 radical (unpaired) electrons. The van der Waals surface area contributed by atoms with Crippen molar-refractivity contribution in [1.29, 1.82) is 0 Å². The summed E-state index contributed by atoms with van der Waals surface area (Å²) in [5.74, 6) is -3.18. The third kappa shape index (κ3) is 3.35. The number of piperidine rings is 1. The first-order valence-electron chi connectivity index (χ1n) is 9.33. The van der Waals surface area contributed by atoms with E-state index in [1.807, 2.05) is 30.3 Å². The van der Waals surface area contributed by atoms with Gasteiger partial charge >= 0.3 is 6.03 Å². The monoisotopic (exact) mass is 399 g/mol. The Labute approximate surface area is 166 Å². The van der Waals surface area contributed by atoms with Gasteiger partial charge in [-0.3, -0.25) is 14.5 Å². The maximum atomic E-state index is 14.0. The van der Waals surface area contributed by atoms with Crippen molar-refractivity contribution in [2.24, 2.45) is 0 Å². The third-order valence-corrected chi connectivity index (χ3v) is 5.39. The number of nitrogens with zero attached hydrogens (tertiary/aromatic N) is 2. The number of amides is 4. The number of nitrogens with one attached hydrogen (secondary N) is 1. The van der Waals surface area contributed by atoms with E-state index >= 15 is 0 Å². The maximum Gasteiger partial charge on any atom is 0.325 e. The quantitative estimate of drug-likeness (QED) is 0.807. The molecule has 2 aromatic rings. The van der Waals surface area contributed by atoms with E-state index < -0.39 is 40.6 Å². The lowest BCUT2D eigenvalue weighted by Crippen LogP contribution is -2.59. The van der Waals surface area contributed by atoms with Crippen LogP contribution in [0.1, 0.15) is 28.8 Å². The number of hydrogen-bond donors (Lipinski definition) is 1. The van der Waals surface area contributed by atoms with Gasteiger partial charge in [0.05, 0.1) is 13.1 Å². The second-order valence-electron chi connectivity index (χ2n) is 7.32. The van der Waals surface area contributed by atoms with Crippen molar-refractivity contribution in [2.75, 3.05) is 13.1 Å². The zero-order chi connectivity index (χ0) is 20.6. The molecule has 8 heteroatoms. The number of imide groups is 1. The summed E-state index contributed by atoms with van der Waals surface area (Å²) in [6, 6.07) is 11.8. The highest BCUT2D eigenvalue weighted by Gasteiger charge is 2.53. The first-order chi connectivity index (χ1) is 13.9. The normalized spacial score (nSPS) is 21.6. The van der Waals surface area contributed by atoms with Crippen LogP contribution < -0.4 is 5.32 Å². The van der Waals surface area contributed by atoms with Crippen molar-refractivity contribution >= 4 is 17.8 Å². The topological polar surface area (TPSA) is 69.7 Å². The summed E-state index contributed by atoms with van der Waals surface area (Å²) in [5.41, 5.74) is -1.13. The highest BCUT2D eigenvalue weighted by molar-refractivity contribution is 6.07. The van der Waals surface area contributed by atoms with Crippen molar-refractivity contribution in [3.05, 3.63) is 71.3 Å². The molecule has 1 atom stereocenters. The van der Waals surface area contributed by atoms with Crippen molar-refractivity contribution in [3.8, 4) is 0 Å². The van der Waals surface area contributed by atoms with Gasteiger partial charge in [0, 0.05) is 6.54 Å². The summed E-state index contributed by atoms with van der Waals surface area (Å²) in [6.07, 6.45) is 0.777. The molecule has 1 N–H and O–H groups in total. The zero-order valence-electron chi connectivity index (χ0n) is 15.5. The molecule has 6 nitrogen and oxygen atoms in total. The molecule has 2 aliphatic rings. The van der Waals surface area contributed by atoms with E-state index in [1.54, 1.807) is 0 Å². The van der Waals surface area contributed by atoms with Crippen molar-refractivity contribution < 1.29 is 23.2 Å². The first kappa shape index (κ1) is 19.0. The van der Waals surface area contributed by atoms with E-state index in [1.165, 1.54) is 11.0 Å². The van der Waals surface area contributed by atoms with Crippen LogP contribution in [-0.4, -0.2) is 46.3 Å². The van der Waals surface area contributed by atoms with Crippen LogP contribution in [0.5, 0.6) is 0 Å². The molecule has 0 unspecified atom stereocenters. The van der Waals surface area contributed by atoms with E-state index in [-0.39, 0.29) is 19.6 Å². The van der Waals surface area contributed by atoms with Gasteiger partial charge in [0.1, 0.15) is 22.7 Å². The first-order valence-corrected chi connectivity index (χ1v) is 9.33. The van der Waals surface area contributed by atoms with Crippen LogP contribution >= 0.6 is 0 Å². The Morgan fingerprint density at radius 1 is 1.03 bits per heavy atom. The van der Waals surface area contributed by atoms with Gasteiger partial charge in [-0.2, -0.15) is 0 Å². The highest BCUT2D eigenvalue weighted by Crippen LogP contribution is 2.30. The van der Waals surface area contributed by atoms with Crippen molar-refractivity contribution in [2.45, 2.75) is 24.9 Å². The number of carbonyl (C=O) groups is 3. The van der Waals surface area contributed by atoms with Crippen LogP contribution in [0, 0.1) is 11.6 Å². The Morgan fingerprint density at radius 3 is 2.41 bits per heavy atom. The minimum atomic E-state index is -1.28. The summed E-state index contributed by atoms with van der Waals surface area (Å²) < 4.78 is 28.1. The van der Waals surface area contributed by atoms with E-state index in [0.29, 0.717) is 12.8 Å². The molecule has 2 fully saturated rings. The molecule has 0 saturated carbocycles. The number of rotatable bonds is 3. The molecule has 29 heavy (non-hydrogen) atoms. The largest absolute Gasteiger partial charge is 0.336 e. The van der Waals surface area contributed by atoms with Gasteiger partial charge in [0.2, 0.25) is 0 Å². The van der Waals surface area contributed by atoms with Crippen LogP contribution in [0.3, 0.4) is 0 Å². The molecular formula is C21H19F2N3O3. The fraction of sp³-hybridized carbons (Fsp3) is 0.286. The lowest BCUT2D eigenvalue weighted by Gasteiger charge is -2.38. The van der Waals surface area contributed by atoms with E-state index in [4.69, 9.17) is 0 Å². The van der Waals surface area contributed by atoms with Gasteiger partial charge in [0.15, 0.2) is 0 Å². The Balaban J connectivity index is 1.56. The lowest BCUT2D eigenvalue weighted by atomic mass is 9.88. The van der Waals surface area contributed by atoms with Gasteiger partial charge in [-0.25, -0.2) is 13.6 Å². The molecule has 2 heterocycles. The van der Waals surface area contributed by atoms with E-state index in [9.17, 15) is 23.2 Å². The van der Waals surface area contributed by atoms with Crippen LogP contribution in [0.4, 0.5) is 13.6 Å². The van der Waals surface area contributed by atoms with Gasteiger partial charge in [-0.1, -0.05) is 36.4 Å². The van der Waals surface area contributed by atoms with Crippen LogP contribution in [0.2, 0.25) is 0 Å². The Kier molecular flexibility index (Phi) is 4.77. The molecular weight excluding hydrogens is 380 g/mol. The molecule has 2 aromatic carbocycles. The SMILES string of the molecule is O=C(c1c(F)cccc1F)N1CCC[C@]2(C1)NC(=O)N(Cc1ccccc1)C2=O. The summed E-state index contributed by atoms with van der Waals surface area (Å²) >= 11 is 0. The molecule has 4 rings (SSSR count). The summed E-state index contributed by atoms with van der Waals surface area (Å²) in [6.45, 7) is 0.231. The number of carbonyl (C=O) groups excluding carboxylic acids is 3. The van der Waals surface area contributed by atoms with Crippen LogP contribution in [0.25, 0.3) is 0 Å². The molecule has 4 amide bonds. The van der Waals surface area contributed by atoms with Gasteiger partial charge in [-0.15, -0.1) is 0 Å². The number of urea groups is 1. The Hall–Kier alpha value is -3.29. The summed E-state index contributed by atoms with van der Waals surface area (Å²) in [7, 11) is 0. The number of hydrogen-bond acceptors (Lipinski definition) is 3. The standard InChI is InChI=1S/C21H19F2N3O3/c22-15-8-4-9-16(23)17(15)18(27)25-11-5-10-21(13-25)19(28)26(20(29)24-21)12-14-6-2-1-3-7-14/h1-4,6-9H,5,10-13H2,(H,24,29)/t21-/m1/s1. The molecule has 0 bridgehead atoms.